The van der Waals surface area contributed by atoms with Gasteiger partial charge < -0.3 is 5.11 Å². The second-order valence-corrected chi connectivity index (χ2v) is 3.38. The zero-order valence-electron chi connectivity index (χ0n) is 6.89. The van der Waals surface area contributed by atoms with Gasteiger partial charge in [0.05, 0.1) is 12.3 Å². The molecule has 0 spiro atoms. The lowest BCUT2D eigenvalue weighted by atomic mass is 10.2. The van der Waals surface area contributed by atoms with Crippen molar-refractivity contribution in [1.82, 2.24) is 4.98 Å². The molecule has 0 bridgehead atoms. The van der Waals surface area contributed by atoms with Crippen molar-refractivity contribution < 1.29 is 13.9 Å². The number of hydrogen-bond donors (Lipinski definition) is 1. The first kappa shape index (κ1) is 10.5. The topological polar surface area (TPSA) is 33.1 Å². The van der Waals surface area contributed by atoms with Crippen LogP contribution in [0.4, 0.5) is 8.78 Å². The first-order chi connectivity index (χ1) is 6.06. The van der Waals surface area contributed by atoms with E-state index >= 15 is 0 Å². The molecule has 0 amide bonds. The molecule has 0 aliphatic rings. The molecule has 0 atom stereocenters. The molecule has 0 radical (unpaired) electrons. The van der Waals surface area contributed by atoms with Crippen LogP contribution in [0.5, 0.6) is 0 Å². The standard InChI is InChI=1S/C8H8BrF2NO/c1-4-2-5(3-13)12-7(6(4)9)8(10)11/h2,8,13H,3H2,1H3. The molecule has 0 saturated heterocycles. The van der Waals surface area contributed by atoms with E-state index in [1.54, 1.807) is 13.0 Å². The molecule has 0 saturated carbocycles. The van der Waals surface area contributed by atoms with Gasteiger partial charge in [-0.15, -0.1) is 0 Å². The van der Waals surface area contributed by atoms with E-state index in [9.17, 15) is 8.78 Å². The molecule has 1 heterocycles. The summed E-state index contributed by atoms with van der Waals surface area (Å²) >= 11 is 3.02. The third-order valence-corrected chi connectivity index (χ3v) is 2.62. The van der Waals surface area contributed by atoms with Gasteiger partial charge in [0, 0.05) is 4.47 Å². The number of halogens is 3. The Morgan fingerprint density at radius 2 is 2.23 bits per heavy atom. The minimum atomic E-state index is -2.63. The van der Waals surface area contributed by atoms with E-state index < -0.39 is 6.43 Å². The van der Waals surface area contributed by atoms with E-state index in [0.29, 0.717) is 10.0 Å². The largest absolute Gasteiger partial charge is 0.390 e. The molecule has 1 rings (SSSR count). The average molecular weight is 252 g/mol. The van der Waals surface area contributed by atoms with Crippen molar-refractivity contribution in [2.45, 2.75) is 20.0 Å². The van der Waals surface area contributed by atoms with Gasteiger partial charge in [-0.25, -0.2) is 13.8 Å². The van der Waals surface area contributed by atoms with Gasteiger partial charge in [0.15, 0.2) is 0 Å². The van der Waals surface area contributed by atoms with Gasteiger partial charge >= 0.3 is 0 Å². The number of aliphatic hydroxyl groups excluding tert-OH is 1. The molecule has 0 fully saturated rings. The highest BCUT2D eigenvalue weighted by Gasteiger charge is 2.16. The molecule has 2 nitrogen and oxygen atoms in total. The van der Waals surface area contributed by atoms with E-state index in [2.05, 4.69) is 20.9 Å². The van der Waals surface area contributed by atoms with Gasteiger partial charge in [0.2, 0.25) is 0 Å². The fraction of sp³-hybridized carbons (Fsp3) is 0.375. The smallest absolute Gasteiger partial charge is 0.281 e. The van der Waals surface area contributed by atoms with Gasteiger partial charge in [-0.1, -0.05) is 0 Å². The lowest BCUT2D eigenvalue weighted by Gasteiger charge is -2.07. The summed E-state index contributed by atoms with van der Waals surface area (Å²) in [6.07, 6.45) is -2.63. The second kappa shape index (κ2) is 4.11. The van der Waals surface area contributed by atoms with Crippen LogP contribution >= 0.6 is 15.9 Å². The Kier molecular flexibility index (Phi) is 3.33. The Balaban J connectivity index is 3.25. The summed E-state index contributed by atoms with van der Waals surface area (Å²) in [7, 11) is 0. The Morgan fingerprint density at radius 3 is 2.69 bits per heavy atom. The van der Waals surface area contributed by atoms with Crippen molar-refractivity contribution in [2.24, 2.45) is 0 Å². The number of alkyl halides is 2. The maximum atomic E-state index is 12.4. The van der Waals surface area contributed by atoms with E-state index in [4.69, 9.17) is 5.11 Å². The van der Waals surface area contributed by atoms with Gasteiger partial charge in [-0.05, 0) is 34.5 Å². The number of aliphatic hydroxyl groups is 1. The van der Waals surface area contributed by atoms with Crippen LogP contribution in [-0.2, 0) is 6.61 Å². The van der Waals surface area contributed by atoms with Crippen LogP contribution in [-0.4, -0.2) is 10.1 Å². The van der Waals surface area contributed by atoms with Crippen LogP contribution in [0.3, 0.4) is 0 Å². The Labute approximate surface area is 82.7 Å². The van der Waals surface area contributed by atoms with Gasteiger partial charge in [-0.2, -0.15) is 0 Å². The minimum absolute atomic E-state index is 0.260. The van der Waals surface area contributed by atoms with Crippen molar-refractivity contribution >= 4 is 15.9 Å². The summed E-state index contributed by atoms with van der Waals surface area (Å²) in [5.74, 6) is 0. The molecular formula is C8H8BrF2NO. The number of rotatable bonds is 2. The predicted octanol–water partition coefficient (Wildman–Crippen LogP) is 2.58. The van der Waals surface area contributed by atoms with Crippen molar-refractivity contribution in [3.63, 3.8) is 0 Å². The quantitative estimate of drug-likeness (QED) is 0.877. The summed E-state index contributed by atoms with van der Waals surface area (Å²) in [6, 6.07) is 1.57. The van der Waals surface area contributed by atoms with Crippen LogP contribution in [0.1, 0.15) is 23.4 Å². The fourth-order valence-corrected chi connectivity index (χ4v) is 1.35. The van der Waals surface area contributed by atoms with E-state index in [-0.39, 0.29) is 18.0 Å². The van der Waals surface area contributed by atoms with E-state index in [1.165, 1.54) is 0 Å². The third kappa shape index (κ3) is 2.22. The number of hydrogen-bond acceptors (Lipinski definition) is 2. The molecule has 0 aliphatic carbocycles. The van der Waals surface area contributed by atoms with E-state index in [0.717, 1.165) is 0 Å². The predicted molar refractivity (Wildman–Crippen MR) is 47.6 cm³/mol. The molecule has 1 aromatic rings. The molecular weight excluding hydrogens is 244 g/mol. The molecule has 0 unspecified atom stereocenters. The summed E-state index contributed by atoms with van der Waals surface area (Å²) in [5, 5.41) is 8.74. The summed E-state index contributed by atoms with van der Waals surface area (Å²) in [6.45, 7) is 1.35. The zero-order valence-corrected chi connectivity index (χ0v) is 8.48. The number of aryl methyl sites for hydroxylation is 1. The first-order valence-corrected chi connectivity index (χ1v) is 4.40. The van der Waals surface area contributed by atoms with Crippen LogP contribution in [0, 0.1) is 6.92 Å². The van der Waals surface area contributed by atoms with Gasteiger partial charge in [0.25, 0.3) is 6.43 Å². The normalized spacial score (nSPS) is 10.9. The van der Waals surface area contributed by atoms with Crippen LogP contribution in [0.25, 0.3) is 0 Å². The van der Waals surface area contributed by atoms with Crippen molar-refractivity contribution in [2.75, 3.05) is 0 Å². The molecule has 0 aliphatic heterocycles. The second-order valence-electron chi connectivity index (χ2n) is 2.59. The van der Waals surface area contributed by atoms with E-state index in [1.807, 2.05) is 0 Å². The fourth-order valence-electron chi connectivity index (χ4n) is 0.977. The molecule has 1 N–H and O–H groups in total. The van der Waals surface area contributed by atoms with Gasteiger partial charge in [-0.3, -0.25) is 0 Å². The van der Waals surface area contributed by atoms with Gasteiger partial charge in [0.1, 0.15) is 5.69 Å². The maximum Gasteiger partial charge on any atom is 0.281 e. The Morgan fingerprint density at radius 1 is 1.62 bits per heavy atom. The lowest BCUT2D eigenvalue weighted by molar-refractivity contribution is 0.144. The van der Waals surface area contributed by atoms with Crippen LogP contribution in [0.2, 0.25) is 0 Å². The molecule has 0 aromatic carbocycles. The SMILES string of the molecule is Cc1cc(CO)nc(C(F)F)c1Br. The molecule has 5 heteroatoms. The number of nitrogens with zero attached hydrogens (tertiary/aromatic N) is 1. The van der Waals surface area contributed by atoms with Crippen LogP contribution < -0.4 is 0 Å². The highest BCUT2D eigenvalue weighted by molar-refractivity contribution is 9.10. The minimum Gasteiger partial charge on any atom is -0.390 e. The zero-order chi connectivity index (χ0) is 10.0. The molecule has 13 heavy (non-hydrogen) atoms. The molecule has 1 aromatic heterocycles. The Bertz CT molecular complexity index is 317. The van der Waals surface area contributed by atoms with Crippen molar-refractivity contribution in [3.8, 4) is 0 Å². The average Bonchev–Trinajstić information content (AvgIpc) is 2.09. The number of aromatic nitrogens is 1. The summed E-state index contributed by atoms with van der Waals surface area (Å²) in [5.41, 5.74) is 0.592. The summed E-state index contributed by atoms with van der Waals surface area (Å²) < 4.78 is 25.0. The third-order valence-electron chi connectivity index (χ3n) is 1.59. The van der Waals surface area contributed by atoms with Crippen molar-refractivity contribution in [3.05, 3.63) is 27.5 Å². The lowest BCUT2D eigenvalue weighted by Crippen LogP contribution is -1.99. The monoisotopic (exact) mass is 251 g/mol. The number of pyridine rings is 1. The highest BCUT2D eigenvalue weighted by atomic mass is 79.9. The highest BCUT2D eigenvalue weighted by Crippen LogP contribution is 2.28. The molecule has 72 valence electrons. The Hall–Kier alpha value is -0.550. The summed E-state index contributed by atoms with van der Waals surface area (Å²) in [4.78, 5) is 3.60. The van der Waals surface area contributed by atoms with Crippen LogP contribution in [0.15, 0.2) is 10.5 Å². The van der Waals surface area contributed by atoms with Crippen molar-refractivity contribution in [1.29, 1.82) is 0 Å². The first-order valence-electron chi connectivity index (χ1n) is 3.61. The maximum absolute atomic E-state index is 12.4.